The van der Waals surface area contributed by atoms with E-state index in [-0.39, 0.29) is 11.9 Å². The standard InChI is InChI=1S/C10H16N2O/c11-8-5-12(10(8)13)9-4-6-1-2-7(9)3-6/h6-9H,1-5,11H2. The first-order chi connectivity index (χ1) is 6.25. The van der Waals surface area contributed by atoms with Crippen molar-refractivity contribution in [2.45, 2.75) is 37.8 Å². The zero-order chi connectivity index (χ0) is 9.00. The average molecular weight is 180 g/mol. The predicted molar refractivity (Wildman–Crippen MR) is 48.9 cm³/mol. The van der Waals surface area contributed by atoms with Gasteiger partial charge in [0.05, 0.1) is 0 Å². The number of hydrogen-bond donors (Lipinski definition) is 1. The zero-order valence-corrected chi connectivity index (χ0v) is 7.78. The van der Waals surface area contributed by atoms with Crippen LogP contribution in [0.5, 0.6) is 0 Å². The van der Waals surface area contributed by atoms with E-state index < -0.39 is 0 Å². The van der Waals surface area contributed by atoms with Crippen LogP contribution in [0.3, 0.4) is 0 Å². The average Bonchev–Trinajstić information content (AvgIpc) is 2.74. The highest BCUT2D eigenvalue weighted by atomic mass is 16.2. The van der Waals surface area contributed by atoms with E-state index >= 15 is 0 Å². The van der Waals surface area contributed by atoms with Gasteiger partial charge in [0.25, 0.3) is 0 Å². The molecule has 4 unspecified atom stereocenters. The fraction of sp³-hybridized carbons (Fsp3) is 0.900. The number of amides is 1. The third-order valence-electron chi connectivity index (χ3n) is 4.09. The summed E-state index contributed by atoms with van der Waals surface area (Å²) in [6.07, 6.45) is 5.36. The molecule has 2 saturated carbocycles. The Morgan fingerprint density at radius 3 is 2.62 bits per heavy atom. The number of carbonyl (C=O) groups excluding carboxylic acids is 1. The number of carbonyl (C=O) groups is 1. The van der Waals surface area contributed by atoms with Crippen molar-refractivity contribution in [2.75, 3.05) is 6.54 Å². The summed E-state index contributed by atoms with van der Waals surface area (Å²) in [5, 5.41) is 0. The summed E-state index contributed by atoms with van der Waals surface area (Å²) < 4.78 is 0. The molecule has 0 aromatic heterocycles. The van der Waals surface area contributed by atoms with Gasteiger partial charge in [0.15, 0.2) is 0 Å². The van der Waals surface area contributed by atoms with Gasteiger partial charge in [-0.05, 0) is 31.1 Å². The molecule has 0 radical (unpaired) electrons. The SMILES string of the molecule is NC1CN(C2CC3CCC2C3)C1=O. The van der Waals surface area contributed by atoms with Crippen molar-refractivity contribution < 1.29 is 4.79 Å². The van der Waals surface area contributed by atoms with Crippen molar-refractivity contribution in [3.05, 3.63) is 0 Å². The van der Waals surface area contributed by atoms with Gasteiger partial charge in [-0.1, -0.05) is 6.42 Å². The van der Waals surface area contributed by atoms with E-state index in [1.54, 1.807) is 0 Å². The molecule has 3 fully saturated rings. The Morgan fingerprint density at radius 2 is 2.15 bits per heavy atom. The number of likely N-dealkylation sites (tertiary alicyclic amines) is 1. The molecule has 0 aromatic rings. The number of β-lactam (4-membered cyclic amide) rings is 1. The summed E-state index contributed by atoms with van der Waals surface area (Å²) in [4.78, 5) is 13.4. The van der Waals surface area contributed by atoms with E-state index in [9.17, 15) is 4.79 Å². The van der Waals surface area contributed by atoms with Gasteiger partial charge in [-0.15, -0.1) is 0 Å². The summed E-state index contributed by atoms with van der Waals surface area (Å²) >= 11 is 0. The van der Waals surface area contributed by atoms with Gasteiger partial charge < -0.3 is 10.6 Å². The molecule has 1 saturated heterocycles. The molecule has 1 aliphatic heterocycles. The Kier molecular flexibility index (Phi) is 1.48. The molecule has 2 bridgehead atoms. The molecule has 4 atom stereocenters. The van der Waals surface area contributed by atoms with Crippen molar-refractivity contribution in [2.24, 2.45) is 17.6 Å². The summed E-state index contributed by atoms with van der Waals surface area (Å²) in [6.45, 7) is 0.812. The minimum Gasteiger partial charge on any atom is -0.336 e. The monoisotopic (exact) mass is 180 g/mol. The van der Waals surface area contributed by atoms with Crippen LogP contribution in [-0.4, -0.2) is 29.4 Å². The number of nitrogens with two attached hydrogens (primary N) is 1. The summed E-state index contributed by atoms with van der Waals surface area (Å²) in [5.74, 6) is 1.92. The number of rotatable bonds is 1. The molecule has 72 valence electrons. The highest BCUT2D eigenvalue weighted by Crippen LogP contribution is 2.47. The largest absolute Gasteiger partial charge is 0.336 e. The first-order valence-corrected chi connectivity index (χ1v) is 5.32. The fourth-order valence-electron chi connectivity index (χ4n) is 3.37. The van der Waals surface area contributed by atoms with Crippen LogP contribution in [0.15, 0.2) is 0 Å². The van der Waals surface area contributed by atoms with Crippen LogP contribution in [0.25, 0.3) is 0 Å². The van der Waals surface area contributed by atoms with Crippen LogP contribution in [0.2, 0.25) is 0 Å². The highest BCUT2D eigenvalue weighted by molar-refractivity contribution is 5.88. The van der Waals surface area contributed by atoms with Gasteiger partial charge in [0.2, 0.25) is 5.91 Å². The molecular formula is C10H16N2O. The highest BCUT2D eigenvalue weighted by Gasteiger charge is 2.48. The molecule has 3 nitrogen and oxygen atoms in total. The number of nitrogens with zero attached hydrogens (tertiary/aromatic N) is 1. The molecule has 0 spiro atoms. The van der Waals surface area contributed by atoms with Crippen LogP contribution >= 0.6 is 0 Å². The Hall–Kier alpha value is -0.570. The van der Waals surface area contributed by atoms with E-state index in [0.29, 0.717) is 6.04 Å². The van der Waals surface area contributed by atoms with Crippen LogP contribution in [-0.2, 0) is 4.79 Å². The van der Waals surface area contributed by atoms with Crippen molar-refractivity contribution in [1.29, 1.82) is 0 Å². The quantitative estimate of drug-likeness (QED) is 0.592. The van der Waals surface area contributed by atoms with Crippen LogP contribution in [0.4, 0.5) is 0 Å². The summed E-state index contributed by atoms with van der Waals surface area (Å²) in [5.41, 5.74) is 5.59. The van der Waals surface area contributed by atoms with Crippen LogP contribution < -0.4 is 5.73 Å². The van der Waals surface area contributed by atoms with E-state index in [2.05, 4.69) is 0 Å². The molecule has 1 heterocycles. The second-order valence-corrected chi connectivity index (χ2v) is 4.84. The lowest BCUT2D eigenvalue weighted by atomic mass is 9.91. The number of hydrogen-bond acceptors (Lipinski definition) is 2. The zero-order valence-electron chi connectivity index (χ0n) is 7.78. The molecular weight excluding hydrogens is 164 g/mol. The lowest BCUT2D eigenvalue weighted by molar-refractivity contribution is -0.147. The molecule has 3 aliphatic rings. The van der Waals surface area contributed by atoms with E-state index in [4.69, 9.17) is 5.73 Å². The van der Waals surface area contributed by atoms with E-state index in [1.165, 1.54) is 25.7 Å². The molecule has 13 heavy (non-hydrogen) atoms. The van der Waals surface area contributed by atoms with Crippen molar-refractivity contribution in [3.63, 3.8) is 0 Å². The molecule has 3 rings (SSSR count). The van der Waals surface area contributed by atoms with E-state index in [0.717, 1.165) is 18.4 Å². The predicted octanol–water partition coefficient (Wildman–Crippen LogP) is 0.344. The molecule has 1 amide bonds. The van der Waals surface area contributed by atoms with Gasteiger partial charge in [0, 0.05) is 12.6 Å². The third kappa shape index (κ3) is 0.966. The second-order valence-electron chi connectivity index (χ2n) is 4.84. The maximum Gasteiger partial charge on any atom is 0.241 e. The Balaban J connectivity index is 1.71. The minimum absolute atomic E-state index is 0.181. The maximum absolute atomic E-state index is 11.4. The second kappa shape index (κ2) is 2.47. The van der Waals surface area contributed by atoms with Crippen molar-refractivity contribution >= 4 is 5.91 Å². The molecule has 3 heteroatoms. The van der Waals surface area contributed by atoms with Gasteiger partial charge in [-0.2, -0.15) is 0 Å². The Labute approximate surface area is 78.3 Å². The first-order valence-electron chi connectivity index (χ1n) is 5.32. The van der Waals surface area contributed by atoms with Crippen molar-refractivity contribution in [1.82, 2.24) is 4.90 Å². The lowest BCUT2D eigenvalue weighted by Crippen LogP contribution is -2.64. The van der Waals surface area contributed by atoms with Gasteiger partial charge in [-0.25, -0.2) is 0 Å². The normalized spacial score (nSPS) is 48.4. The summed E-state index contributed by atoms with van der Waals surface area (Å²) in [7, 11) is 0. The van der Waals surface area contributed by atoms with E-state index in [1.807, 2.05) is 4.90 Å². The first kappa shape index (κ1) is 7.80. The minimum atomic E-state index is -0.181. The Morgan fingerprint density at radius 1 is 1.31 bits per heavy atom. The van der Waals surface area contributed by atoms with Gasteiger partial charge >= 0.3 is 0 Å². The molecule has 0 aromatic carbocycles. The topological polar surface area (TPSA) is 46.3 Å². The summed E-state index contributed by atoms with van der Waals surface area (Å²) in [6, 6.07) is 0.380. The lowest BCUT2D eigenvalue weighted by Gasteiger charge is -2.44. The van der Waals surface area contributed by atoms with Crippen molar-refractivity contribution in [3.8, 4) is 0 Å². The van der Waals surface area contributed by atoms with Crippen LogP contribution in [0, 0.1) is 11.8 Å². The maximum atomic E-state index is 11.4. The van der Waals surface area contributed by atoms with Gasteiger partial charge in [0.1, 0.15) is 6.04 Å². The fourth-order valence-corrected chi connectivity index (χ4v) is 3.37. The van der Waals surface area contributed by atoms with Gasteiger partial charge in [-0.3, -0.25) is 4.79 Å². The Bertz CT molecular complexity index is 253. The third-order valence-corrected chi connectivity index (χ3v) is 4.09. The molecule has 2 aliphatic carbocycles. The van der Waals surface area contributed by atoms with Crippen LogP contribution in [0.1, 0.15) is 25.7 Å². The number of fused-ring (bicyclic) bond motifs is 2. The molecule has 2 N–H and O–H groups in total. The smallest absolute Gasteiger partial charge is 0.241 e.